The lowest BCUT2D eigenvalue weighted by atomic mass is 10.1. The number of phosphoric acid groups is 1. The lowest BCUT2D eigenvalue weighted by molar-refractivity contribution is -0.129. The van der Waals surface area contributed by atoms with E-state index in [-0.39, 0.29) is 23.4 Å². The highest BCUT2D eigenvalue weighted by molar-refractivity contribution is 7.46. The van der Waals surface area contributed by atoms with Crippen LogP contribution in [0, 0.1) is 0 Å². The van der Waals surface area contributed by atoms with Crippen molar-refractivity contribution in [2.24, 2.45) is 0 Å². The standard InChI is InChI=1S/C13H19N2O5P/c1-13(2)14-11(12(16)15(13)3)8-9-4-6-10(7-5-9)20-21(17,18)19/h4-7,11,14H,8H2,1-3H3,(H2,17,18,19)/t11-/m0/s1. The van der Waals surface area contributed by atoms with Crippen molar-refractivity contribution in [1.29, 1.82) is 0 Å². The Labute approximate surface area is 123 Å². The minimum Gasteiger partial charge on any atom is -0.404 e. The maximum absolute atomic E-state index is 12.1. The highest BCUT2D eigenvalue weighted by Gasteiger charge is 2.41. The molecule has 2 rings (SSSR count). The van der Waals surface area contributed by atoms with Crippen LogP contribution in [0.25, 0.3) is 0 Å². The molecule has 0 unspecified atom stereocenters. The summed E-state index contributed by atoms with van der Waals surface area (Å²) in [5.74, 6) is 0.116. The van der Waals surface area contributed by atoms with E-state index < -0.39 is 7.82 Å². The molecule has 0 saturated carbocycles. The molecular weight excluding hydrogens is 295 g/mol. The van der Waals surface area contributed by atoms with Crippen molar-refractivity contribution in [1.82, 2.24) is 10.2 Å². The summed E-state index contributed by atoms with van der Waals surface area (Å²) in [4.78, 5) is 31.2. The van der Waals surface area contributed by atoms with E-state index in [1.54, 1.807) is 24.1 Å². The third kappa shape index (κ3) is 3.83. The van der Waals surface area contributed by atoms with Gasteiger partial charge in [-0.25, -0.2) is 4.57 Å². The van der Waals surface area contributed by atoms with Gasteiger partial charge < -0.3 is 9.42 Å². The fourth-order valence-electron chi connectivity index (χ4n) is 2.29. The van der Waals surface area contributed by atoms with E-state index in [1.165, 1.54) is 12.1 Å². The lowest BCUT2D eigenvalue weighted by Gasteiger charge is -2.27. The van der Waals surface area contributed by atoms with Crippen molar-refractivity contribution < 1.29 is 23.7 Å². The van der Waals surface area contributed by atoms with Crippen LogP contribution in [0.3, 0.4) is 0 Å². The molecule has 0 aromatic heterocycles. The summed E-state index contributed by atoms with van der Waals surface area (Å²) in [5, 5.41) is 3.25. The zero-order valence-electron chi connectivity index (χ0n) is 12.1. The summed E-state index contributed by atoms with van der Waals surface area (Å²) >= 11 is 0. The molecule has 0 bridgehead atoms. The van der Waals surface area contributed by atoms with Crippen LogP contribution in [-0.4, -0.2) is 39.3 Å². The Hall–Kier alpha value is -1.40. The molecule has 1 aliphatic rings. The summed E-state index contributed by atoms with van der Waals surface area (Å²) in [6, 6.07) is 6.01. The second-order valence-corrected chi connectivity index (χ2v) is 6.75. The van der Waals surface area contributed by atoms with Crippen LogP contribution >= 0.6 is 7.82 Å². The molecule has 1 aliphatic heterocycles. The van der Waals surface area contributed by atoms with E-state index in [9.17, 15) is 9.36 Å². The summed E-state index contributed by atoms with van der Waals surface area (Å²) in [5.41, 5.74) is 0.496. The number of nitrogens with one attached hydrogen (secondary N) is 1. The molecular formula is C13H19N2O5P. The van der Waals surface area contributed by atoms with Gasteiger partial charge in [0.1, 0.15) is 5.75 Å². The van der Waals surface area contributed by atoms with Gasteiger partial charge in [0.25, 0.3) is 0 Å². The third-order valence-corrected chi connectivity index (χ3v) is 4.03. The Morgan fingerprint density at radius 3 is 2.33 bits per heavy atom. The molecule has 3 N–H and O–H groups in total. The first-order valence-electron chi connectivity index (χ1n) is 6.48. The molecule has 7 nitrogen and oxygen atoms in total. The van der Waals surface area contributed by atoms with Crippen LogP contribution in [0.15, 0.2) is 24.3 Å². The molecule has 1 fully saturated rings. The van der Waals surface area contributed by atoms with Crippen LogP contribution in [0.4, 0.5) is 0 Å². The second kappa shape index (κ2) is 5.42. The SMILES string of the molecule is CN1C(=O)[C@H](Cc2ccc(OP(=O)(O)O)cc2)NC1(C)C. The van der Waals surface area contributed by atoms with Crippen LogP contribution in [-0.2, 0) is 15.8 Å². The van der Waals surface area contributed by atoms with Crippen molar-refractivity contribution in [2.45, 2.75) is 32.0 Å². The lowest BCUT2D eigenvalue weighted by Crippen LogP contribution is -2.45. The first kappa shape index (κ1) is 16.0. The topological polar surface area (TPSA) is 99.1 Å². The van der Waals surface area contributed by atoms with Gasteiger partial charge in [-0.1, -0.05) is 12.1 Å². The van der Waals surface area contributed by atoms with Crippen molar-refractivity contribution in [2.75, 3.05) is 7.05 Å². The molecule has 1 amide bonds. The molecule has 1 heterocycles. The Morgan fingerprint density at radius 1 is 1.33 bits per heavy atom. The average molecular weight is 314 g/mol. The molecule has 116 valence electrons. The number of rotatable bonds is 4. The van der Waals surface area contributed by atoms with Gasteiger partial charge in [-0.05, 0) is 38.0 Å². The van der Waals surface area contributed by atoms with E-state index in [0.717, 1.165) is 5.56 Å². The highest BCUT2D eigenvalue weighted by atomic mass is 31.2. The predicted octanol–water partition coefficient (Wildman–Crippen LogP) is 0.867. The Balaban J connectivity index is 2.05. The zero-order chi connectivity index (χ0) is 15.8. The average Bonchev–Trinajstić information content (AvgIpc) is 2.54. The summed E-state index contributed by atoms with van der Waals surface area (Å²) in [6.07, 6.45) is 0.503. The van der Waals surface area contributed by atoms with Crippen molar-refractivity contribution in [3.8, 4) is 5.75 Å². The minimum atomic E-state index is -4.54. The minimum absolute atomic E-state index is 0.0237. The second-order valence-electron chi connectivity index (χ2n) is 5.58. The Bertz CT molecular complexity index is 581. The van der Waals surface area contributed by atoms with E-state index in [1.807, 2.05) is 13.8 Å². The molecule has 0 aliphatic carbocycles. The zero-order valence-corrected chi connectivity index (χ0v) is 13.0. The van der Waals surface area contributed by atoms with Gasteiger partial charge in [0.2, 0.25) is 5.91 Å². The Kier molecular flexibility index (Phi) is 4.13. The van der Waals surface area contributed by atoms with Crippen LogP contribution in [0.1, 0.15) is 19.4 Å². The van der Waals surface area contributed by atoms with Gasteiger partial charge in [-0.15, -0.1) is 0 Å². The van der Waals surface area contributed by atoms with Crippen LogP contribution in [0.5, 0.6) is 5.75 Å². The van der Waals surface area contributed by atoms with E-state index in [4.69, 9.17) is 9.79 Å². The number of nitrogens with zero attached hydrogens (tertiary/aromatic N) is 1. The number of amides is 1. The number of carbonyl (C=O) groups is 1. The first-order valence-corrected chi connectivity index (χ1v) is 8.01. The highest BCUT2D eigenvalue weighted by Crippen LogP contribution is 2.37. The monoisotopic (exact) mass is 314 g/mol. The molecule has 0 spiro atoms. The molecule has 1 aromatic rings. The molecule has 1 saturated heterocycles. The van der Waals surface area contributed by atoms with Crippen LogP contribution < -0.4 is 9.84 Å². The maximum atomic E-state index is 12.1. The predicted molar refractivity (Wildman–Crippen MR) is 76.6 cm³/mol. The summed E-state index contributed by atoms with van der Waals surface area (Å²) in [7, 11) is -2.78. The number of hydrogen-bond donors (Lipinski definition) is 3. The molecule has 8 heteroatoms. The van der Waals surface area contributed by atoms with Gasteiger partial charge in [0.05, 0.1) is 11.7 Å². The van der Waals surface area contributed by atoms with Crippen molar-refractivity contribution >= 4 is 13.7 Å². The van der Waals surface area contributed by atoms with E-state index in [0.29, 0.717) is 6.42 Å². The van der Waals surface area contributed by atoms with Gasteiger partial charge in [-0.2, -0.15) is 0 Å². The molecule has 1 atom stereocenters. The van der Waals surface area contributed by atoms with Gasteiger partial charge in [0.15, 0.2) is 0 Å². The fraction of sp³-hybridized carbons (Fsp3) is 0.462. The number of hydrogen-bond acceptors (Lipinski definition) is 4. The maximum Gasteiger partial charge on any atom is 0.524 e. The van der Waals surface area contributed by atoms with E-state index in [2.05, 4.69) is 9.84 Å². The van der Waals surface area contributed by atoms with Crippen molar-refractivity contribution in [3.05, 3.63) is 29.8 Å². The molecule has 0 radical (unpaired) electrons. The number of benzene rings is 1. The smallest absolute Gasteiger partial charge is 0.404 e. The van der Waals surface area contributed by atoms with Gasteiger partial charge in [-0.3, -0.25) is 19.9 Å². The normalized spacial score (nSPS) is 21.7. The third-order valence-electron chi connectivity index (χ3n) is 3.58. The number of phosphoric ester groups is 1. The summed E-state index contributed by atoms with van der Waals surface area (Å²) < 4.78 is 15.2. The van der Waals surface area contributed by atoms with Gasteiger partial charge >= 0.3 is 7.82 Å². The first-order chi connectivity index (χ1) is 9.58. The molecule has 21 heavy (non-hydrogen) atoms. The molecule has 1 aromatic carbocycles. The quantitative estimate of drug-likeness (QED) is 0.713. The number of carbonyl (C=O) groups excluding carboxylic acids is 1. The van der Waals surface area contributed by atoms with Crippen LogP contribution in [0.2, 0.25) is 0 Å². The fourth-order valence-corrected chi connectivity index (χ4v) is 2.69. The largest absolute Gasteiger partial charge is 0.524 e. The van der Waals surface area contributed by atoms with E-state index >= 15 is 0 Å². The summed E-state index contributed by atoms with van der Waals surface area (Å²) in [6.45, 7) is 3.86. The van der Waals surface area contributed by atoms with Crippen molar-refractivity contribution in [3.63, 3.8) is 0 Å². The number of likely N-dealkylation sites (N-methyl/N-ethyl adjacent to an activating group) is 1. The van der Waals surface area contributed by atoms with Gasteiger partial charge in [0, 0.05) is 7.05 Å². The Morgan fingerprint density at radius 2 is 1.90 bits per heavy atom.